The Bertz CT molecular complexity index is 893. The highest BCUT2D eigenvalue weighted by Crippen LogP contribution is 2.18. The molecule has 0 aliphatic carbocycles. The number of carbonyl (C=O) groups is 2. The Hall–Kier alpha value is -1.40. The average Bonchev–Trinajstić information content (AvgIpc) is 3.23. The summed E-state index contributed by atoms with van der Waals surface area (Å²) >= 11 is 0. The van der Waals surface area contributed by atoms with Crippen LogP contribution in [0.1, 0.15) is 290 Å². The maximum absolute atomic E-state index is 13.2. The monoisotopic (exact) mass is 834 g/mol. The molecule has 0 aliphatic rings. The van der Waals surface area contributed by atoms with Crippen LogP contribution in [0.4, 0.5) is 0 Å². The fourth-order valence-electron chi connectivity index (χ4n) is 8.31. The number of aliphatic hydroxyl groups is 2. The molecule has 0 aromatic rings. The van der Waals surface area contributed by atoms with Crippen molar-refractivity contribution in [2.75, 3.05) is 6.61 Å². The molecule has 0 saturated heterocycles. The van der Waals surface area contributed by atoms with Gasteiger partial charge in [0, 0.05) is 6.42 Å². The first-order valence-corrected chi connectivity index (χ1v) is 26.4. The third-order valence-corrected chi connectivity index (χ3v) is 12.3. The van der Waals surface area contributed by atoms with Crippen LogP contribution < -0.4 is 5.32 Å². The summed E-state index contributed by atoms with van der Waals surface area (Å²) in [5.41, 5.74) is 0. The van der Waals surface area contributed by atoms with E-state index >= 15 is 0 Å². The molecule has 0 aliphatic heterocycles. The van der Waals surface area contributed by atoms with Gasteiger partial charge in [0.2, 0.25) is 5.91 Å². The van der Waals surface area contributed by atoms with Gasteiger partial charge in [-0.25, -0.2) is 0 Å². The Morgan fingerprint density at radius 3 is 1.20 bits per heavy atom. The van der Waals surface area contributed by atoms with Crippen molar-refractivity contribution in [3.05, 3.63) is 12.2 Å². The largest absolute Gasteiger partial charge is 0.462 e. The van der Waals surface area contributed by atoms with Gasteiger partial charge < -0.3 is 20.3 Å². The minimum atomic E-state index is -0.783. The molecule has 1 amide bonds. The first kappa shape index (κ1) is 57.6. The molecular weight excluding hydrogens is 731 g/mol. The smallest absolute Gasteiger partial charge is 0.306 e. The van der Waals surface area contributed by atoms with Crippen molar-refractivity contribution in [1.82, 2.24) is 5.32 Å². The molecule has 3 N–H and O–H groups in total. The Balaban J connectivity index is 4.52. The summed E-state index contributed by atoms with van der Waals surface area (Å²) in [6.45, 7) is 6.48. The summed E-state index contributed by atoms with van der Waals surface area (Å²) in [4.78, 5) is 26.1. The molecule has 0 aromatic carbocycles. The molecular formula is C53H103NO5. The lowest BCUT2D eigenvalue weighted by atomic mass is 10.0. The number of ether oxygens (including phenoxy) is 1. The van der Waals surface area contributed by atoms with Crippen molar-refractivity contribution in [2.45, 2.75) is 309 Å². The Labute approximate surface area is 368 Å². The number of allylic oxidation sites excluding steroid dienone is 2. The standard InChI is InChI=1S/C53H103NO5/c1-4-7-10-13-16-19-21-23-25-27-29-31-34-37-40-43-46-53(58)59-49(44-41-38-35-33-30-28-26-24-22-20-17-14-11-8-5-2)47-52(57)54-50(48-55)51(56)45-42-39-36-32-18-15-12-9-6-3/h24,26,49-51,55-56H,4-23,25,27-48H2,1-3H3,(H,54,57)/b26-24+. The van der Waals surface area contributed by atoms with E-state index in [9.17, 15) is 19.8 Å². The van der Waals surface area contributed by atoms with Gasteiger partial charge in [0.1, 0.15) is 6.10 Å². The van der Waals surface area contributed by atoms with Crippen molar-refractivity contribution in [3.63, 3.8) is 0 Å². The lowest BCUT2D eigenvalue weighted by Gasteiger charge is -2.24. The Morgan fingerprint density at radius 2 is 0.814 bits per heavy atom. The van der Waals surface area contributed by atoms with Gasteiger partial charge in [0.25, 0.3) is 0 Å². The van der Waals surface area contributed by atoms with E-state index in [0.29, 0.717) is 19.3 Å². The Kier molecular flexibility index (Phi) is 46.5. The van der Waals surface area contributed by atoms with Crippen LogP contribution in [0.3, 0.4) is 0 Å². The van der Waals surface area contributed by atoms with Gasteiger partial charge in [-0.05, 0) is 51.4 Å². The lowest BCUT2D eigenvalue weighted by molar-refractivity contribution is -0.151. The summed E-state index contributed by atoms with van der Waals surface area (Å²) < 4.78 is 5.94. The molecule has 3 atom stereocenters. The molecule has 0 spiro atoms. The van der Waals surface area contributed by atoms with Crippen LogP contribution in [0.5, 0.6) is 0 Å². The van der Waals surface area contributed by atoms with Crippen LogP contribution >= 0.6 is 0 Å². The number of rotatable bonds is 48. The first-order valence-electron chi connectivity index (χ1n) is 26.4. The third kappa shape index (κ3) is 43.1. The van der Waals surface area contributed by atoms with Crippen molar-refractivity contribution in [3.8, 4) is 0 Å². The van der Waals surface area contributed by atoms with Gasteiger partial charge >= 0.3 is 5.97 Å². The van der Waals surface area contributed by atoms with Gasteiger partial charge in [-0.1, -0.05) is 238 Å². The number of carbonyl (C=O) groups excluding carboxylic acids is 2. The van der Waals surface area contributed by atoms with E-state index in [0.717, 1.165) is 64.2 Å². The molecule has 0 radical (unpaired) electrons. The van der Waals surface area contributed by atoms with E-state index in [4.69, 9.17) is 4.74 Å². The zero-order valence-electron chi connectivity index (χ0n) is 39.9. The number of aliphatic hydroxyl groups excluding tert-OH is 2. The third-order valence-electron chi connectivity index (χ3n) is 12.3. The molecule has 0 bridgehead atoms. The SMILES string of the molecule is CCCCCCCC/C=C/CCCCCCCC(CC(=O)NC(CO)C(O)CCCCCCCCCCC)OC(=O)CCCCCCCCCCCCCCCCCC. The normalized spacial score (nSPS) is 13.2. The second-order valence-corrected chi connectivity index (χ2v) is 18.3. The van der Waals surface area contributed by atoms with Crippen LogP contribution in [-0.2, 0) is 14.3 Å². The fourth-order valence-corrected chi connectivity index (χ4v) is 8.31. The van der Waals surface area contributed by atoms with E-state index in [1.165, 1.54) is 180 Å². The lowest BCUT2D eigenvalue weighted by Crippen LogP contribution is -2.46. The predicted molar refractivity (Wildman–Crippen MR) is 255 cm³/mol. The molecule has 6 heteroatoms. The van der Waals surface area contributed by atoms with E-state index in [-0.39, 0.29) is 24.9 Å². The van der Waals surface area contributed by atoms with E-state index in [1.54, 1.807) is 0 Å². The average molecular weight is 834 g/mol. The van der Waals surface area contributed by atoms with Gasteiger partial charge in [0.05, 0.1) is 25.2 Å². The van der Waals surface area contributed by atoms with Crippen LogP contribution in [0, 0.1) is 0 Å². The van der Waals surface area contributed by atoms with Crippen LogP contribution in [0.15, 0.2) is 12.2 Å². The minimum Gasteiger partial charge on any atom is -0.462 e. The van der Waals surface area contributed by atoms with Crippen LogP contribution in [0.25, 0.3) is 0 Å². The summed E-state index contributed by atoms with van der Waals surface area (Å²) in [7, 11) is 0. The molecule has 6 nitrogen and oxygen atoms in total. The zero-order chi connectivity index (χ0) is 43.1. The number of amides is 1. The molecule has 0 fully saturated rings. The molecule has 59 heavy (non-hydrogen) atoms. The second-order valence-electron chi connectivity index (χ2n) is 18.3. The van der Waals surface area contributed by atoms with Gasteiger partial charge in [-0.15, -0.1) is 0 Å². The van der Waals surface area contributed by atoms with Crippen molar-refractivity contribution < 1.29 is 24.5 Å². The maximum atomic E-state index is 13.2. The van der Waals surface area contributed by atoms with E-state index in [1.807, 2.05) is 0 Å². The van der Waals surface area contributed by atoms with Crippen molar-refractivity contribution >= 4 is 11.9 Å². The van der Waals surface area contributed by atoms with Crippen LogP contribution in [-0.4, -0.2) is 46.9 Å². The number of hydrogen-bond donors (Lipinski definition) is 3. The summed E-state index contributed by atoms with van der Waals surface area (Å²) in [5, 5.41) is 23.7. The highest BCUT2D eigenvalue weighted by molar-refractivity contribution is 5.77. The number of hydrogen-bond acceptors (Lipinski definition) is 5. The molecule has 0 saturated carbocycles. The summed E-state index contributed by atoms with van der Waals surface area (Å²) in [6, 6.07) is -0.696. The molecule has 3 unspecified atom stereocenters. The summed E-state index contributed by atoms with van der Waals surface area (Å²) in [6.07, 6.45) is 52.8. The molecule has 350 valence electrons. The highest BCUT2D eigenvalue weighted by Gasteiger charge is 2.24. The first-order chi connectivity index (χ1) is 29.0. The highest BCUT2D eigenvalue weighted by atomic mass is 16.5. The van der Waals surface area contributed by atoms with Crippen molar-refractivity contribution in [1.29, 1.82) is 0 Å². The molecule has 0 heterocycles. The van der Waals surface area contributed by atoms with Crippen molar-refractivity contribution in [2.24, 2.45) is 0 Å². The number of esters is 1. The minimum absolute atomic E-state index is 0.0787. The van der Waals surface area contributed by atoms with Crippen LogP contribution in [0.2, 0.25) is 0 Å². The number of unbranched alkanes of at least 4 members (excludes halogenated alkanes) is 34. The van der Waals surface area contributed by atoms with E-state index < -0.39 is 18.2 Å². The topological polar surface area (TPSA) is 95.9 Å². The quantitative estimate of drug-likeness (QED) is 0.0322. The maximum Gasteiger partial charge on any atom is 0.306 e. The number of nitrogens with one attached hydrogen (secondary N) is 1. The second kappa shape index (κ2) is 47.6. The predicted octanol–water partition coefficient (Wildman–Crippen LogP) is 15.7. The molecule has 0 rings (SSSR count). The van der Waals surface area contributed by atoms with Gasteiger partial charge in [-0.3, -0.25) is 9.59 Å². The van der Waals surface area contributed by atoms with Gasteiger partial charge in [-0.2, -0.15) is 0 Å². The Morgan fingerprint density at radius 1 is 0.475 bits per heavy atom. The van der Waals surface area contributed by atoms with Gasteiger partial charge in [0.15, 0.2) is 0 Å². The fraction of sp³-hybridized carbons (Fsp3) is 0.925. The molecule has 0 aromatic heterocycles. The summed E-state index contributed by atoms with van der Waals surface area (Å²) in [5.74, 6) is -0.465. The zero-order valence-corrected chi connectivity index (χ0v) is 39.9. The van der Waals surface area contributed by atoms with E-state index in [2.05, 4.69) is 38.2 Å².